The SMILES string of the molecule is COC1(c2ccc(-c3cc4c(N5CCN(C(=O)OC6COC6)CC5)ccnc4[nH]3)nc2)CCN(C[C@@H](C)F)CC1. The van der Waals surface area contributed by atoms with Gasteiger partial charge in [0, 0.05) is 82.0 Å². The quantitative estimate of drug-likeness (QED) is 0.475. The molecule has 1 amide bonds. The zero-order valence-electron chi connectivity index (χ0n) is 23.1. The number of likely N-dealkylation sites (tertiary alicyclic amines) is 1. The van der Waals surface area contributed by atoms with E-state index in [4.69, 9.17) is 19.2 Å². The number of anilines is 1. The van der Waals surface area contributed by atoms with E-state index in [0.29, 0.717) is 45.9 Å². The number of amides is 1. The molecule has 0 bridgehead atoms. The molecular formula is C29H37FN6O4. The number of piperazine rings is 1. The Morgan fingerprint density at radius 3 is 2.55 bits per heavy atom. The molecule has 0 aliphatic carbocycles. The summed E-state index contributed by atoms with van der Waals surface area (Å²) in [5.74, 6) is 0. The van der Waals surface area contributed by atoms with E-state index in [1.54, 1.807) is 18.9 Å². The molecule has 0 saturated carbocycles. The minimum absolute atomic E-state index is 0.115. The van der Waals surface area contributed by atoms with Crippen molar-refractivity contribution in [1.82, 2.24) is 24.8 Å². The van der Waals surface area contributed by atoms with Crippen LogP contribution in [0.2, 0.25) is 0 Å². The highest BCUT2D eigenvalue weighted by molar-refractivity contribution is 5.93. The van der Waals surface area contributed by atoms with Crippen LogP contribution in [-0.2, 0) is 19.8 Å². The Balaban J connectivity index is 1.14. The number of aromatic amines is 1. The van der Waals surface area contributed by atoms with Gasteiger partial charge in [-0.2, -0.15) is 0 Å². The summed E-state index contributed by atoms with van der Waals surface area (Å²) in [5.41, 5.74) is 4.24. The van der Waals surface area contributed by atoms with Gasteiger partial charge in [0.05, 0.1) is 30.2 Å². The van der Waals surface area contributed by atoms with E-state index in [1.165, 1.54) is 0 Å². The highest BCUT2D eigenvalue weighted by Gasteiger charge is 2.37. The molecule has 3 aromatic heterocycles. The number of rotatable bonds is 7. The number of nitrogens with one attached hydrogen (secondary N) is 1. The zero-order valence-corrected chi connectivity index (χ0v) is 23.1. The van der Waals surface area contributed by atoms with E-state index >= 15 is 0 Å². The van der Waals surface area contributed by atoms with Crippen LogP contribution in [0, 0.1) is 0 Å². The van der Waals surface area contributed by atoms with Crippen molar-refractivity contribution in [3.05, 3.63) is 42.2 Å². The molecule has 3 saturated heterocycles. The summed E-state index contributed by atoms with van der Waals surface area (Å²) in [6.45, 7) is 7.26. The maximum atomic E-state index is 13.5. The number of fused-ring (bicyclic) bond motifs is 1. The standard InChI is InChI=1S/C29H37FN6O4/c1-20(30)17-34-9-6-29(38-2,7-10-34)21-3-4-24(32-16-21)25-15-23-26(5-8-31-27(23)33-25)35-11-13-36(14-12-35)28(37)40-22-18-39-19-22/h3-5,8,15-16,20,22H,6-7,9-14,17-19H2,1-2H3,(H,31,33)/t20-/m1/s1. The normalized spacial score (nSPS) is 20.9. The van der Waals surface area contributed by atoms with E-state index in [-0.39, 0.29) is 12.2 Å². The number of hydrogen-bond acceptors (Lipinski definition) is 8. The van der Waals surface area contributed by atoms with Crippen molar-refractivity contribution < 1.29 is 23.4 Å². The van der Waals surface area contributed by atoms with E-state index in [2.05, 4.69) is 31.9 Å². The number of carbonyl (C=O) groups is 1. The van der Waals surface area contributed by atoms with Crippen LogP contribution in [-0.4, -0.2) is 109 Å². The lowest BCUT2D eigenvalue weighted by molar-refractivity contribution is -0.104. The van der Waals surface area contributed by atoms with Crippen LogP contribution < -0.4 is 4.90 Å². The number of methoxy groups -OCH3 is 1. The number of halogens is 1. The van der Waals surface area contributed by atoms with E-state index in [1.807, 2.05) is 24.5 Å². The maximum absolute atomic E-state index is 13.5. The zero-order chi connectivity index (χ0) is 27.7. The number of alkyl halides is 1. The maximum Gasteiger partial charge on any atom is 0.410 e. The summed E-state index contributed by atoms with van der Waals surface area (Å²) in [4.78, 5) is 31.4. The van der Waals surface area contributed by atoms with Crippen LogP contribution in [0.1, 0.15) is 25.3 Å². The largest absolute Gasteiger partial charge is 0.441 e. The van der Waals surface area contributed by atoms with Gasteiger partial charge >= 0.3 is 6.09 Å². The van der Waals surface area contributed by atoms with E-state index < -0.39 is 11.8 Å². The number of carbonyl (C=O) groups excluding carboxylic acids is 1. The number of ether oxygens (including phenoxy) is 3. The summed E-state index contributed by atoms with van der Waals surface area (Å²) in [6, 6.07) is 8.23. The van der Waals surface area contributed by atoms with Crippen molar-refractivity contribution in [2.24, 2.45) is 0 Å². The monoisotopic (exact) mass is 552 g/mol. The second-order valence-corrected chi connectivity index (χ2v) is 11.0. The predicted octanol–water partition coefficient (Wildman–Crippen LogP) is 3.58. The molecule has 0 aromatic carbocycles. The Morgan fingerprint density at radius 2 is 1.93 bits per heavy atom. The third kappa shape index (κ3) is 5.37. The average Bonchev–Trinajstić information content (AvgIpc) is 3.40. The highest BCUT2D eigenvalue weighted by atomic mass is 19.1. The Hall–Kier alpha value is -3.28. The predicted molar refractivity (Wildman–Crippen MR) is 149 cm³/mol. The topological polar surface area (TPSA) is 96.1 Å². The van der Waals surface area contributed by atoms with Gasteiger partial charge in [0.25, 0.3) is 0 Å². The van der Waals surface area contributed by atoms with Gasteiger partial charge in [-0.05, 0) is 38.0 Å². The first-order valence-electron chi connectivity index (χ1n) is 14.1. The van der Waals surface area contributed by atoms with Gasteiger partial charge in [-0.25, -0.2) is 14.2 Å². The molecule has 0 radical (unpaired) electrons. The van der Waals surface area contributed by atoms with Gasteiger partial charge in [-0.3, -0.25) is 4.98 Å². The lowest BCUT2D eigenvalue weighted by Crippen LogP contribution is -2.51. The fourth-order valence-electron chi connectivity index (χ4n) is 5.94. The molecule has 0 spiro atoms. The second kappa shape index (κ2) is 11.3. The van der Waals surface area contributed by atoms with Crippen LogP contribution in [0.25, 0.3) is 22.4 Å². The summed E-state index contributed by atoms with van der Waals surface area (Å²) in [5, 5.41) is 1.02. The summed E-state index contributed by atoms with van der Waals surface area (Å²) >= 11 is 0. The van der Waals surface area contributed by atoms with Crippen LogP contribution in [0.5, 0.6) is 0 Å². The lowest BCUT2D eigenvalue weighted by atomic mass is 9.84. The smallest absolute Gasteiger partial charge is 0.410 e. The molecule has 0 unspecified atom stereocenters. The number of aromatic nitrogens is 3. The summed E-state index contributed by atoms with van der Waals surface area (Å²) < 4.78 is 30.1. The lowest BCUT2D eigenvalue weighted by Gasteiger charge is -2.41. The molecule has 3 fully saturated rings. The summed E-state index contributed by atoms with van der Waals surface area (Å²) in [6.07, 6.45) is 4.11. The van der Waals surface area contributed by atoms with Crippen molar-refractivity contribution in [2.75, 3.05) is 71.0 Å². The Kier molecular flexibility index (Phi) is 7.61. The molecule has 3 aliphatic rings. The van der Waals surface area contributed by atoms with Crippen molar-refractivity contribution in [3.8, 4) is 11.4 Å². The molecule has 3 aliphatic heterocycles. The molecule has 1 N–H and O–H groups in total. The van der Waals surface area contributed by atoms with Gasteiger partial charge in [0.1, 0.15) is 11.8 Å². The van der Waals surface area contributed by atoms with Crippen LogP contribution in [0.3, 0.4) is 0 Å². The Labute approximate surface area is 233 Å². The molecule has 40 heavy (non-hydrogen) atoms. The molecule has 6 rings (SSSR count). The number of hydrogen-bond donors (Lipinski definition) is 1. The fourth-order valence-corrected chi connectivity index (χ4v) is 5.94. The van der Waals surface area contributed by atoms with Crippen molar-refractivity contribution >= 4 is 22.8 Å². The Bertz CT molecular complexity index is 1310. The fraction of sp³-hybridized carbons (Fsp3) is 0.552. The van der Waals surface area contributed by atoms with E-state index in [0.717, 1.165) is 59.6 Å². The van der Waals surface area contributed by atoms with Gasteiger partial charge in [-0.1, -0.05) is 6.07 Å². The number of piperidine rings is 1. The number of pyridine rings is 2. The van der Waals surface area contributed by atoms with Crippen molar-refractivity contribution in [1.29, 1.82) is 0 Å². The highest BCUT2D eigenvalue weighted by Crippen LogP contribution is 2.37. The van der Waals surface area contributed by atoms with E-state index in [9.17, 15) is 9.18 Å². The molecule has 1 atom stereocenters. The molecule has 3 aromatic rings. The number of nitrogens with zero attached hydrogens (tertiary/aromatic N) is 5. The average molecular weight is 553 g/mol. The van der Waals surface area contributed by atoms with Crippen LogP contribution in [0.15, 0.2) is 36.7 Å². The second-order valence-electron chi connectivity index (χ2n) is 11.0. The third-order valence-electron chi connectivity index (χ3n) is 8.39. The number of H-pyrrole nitrogens is 1. The first-order chi connectivity index (χ1) is 19.4. The van der Waals surface area contributed by atoms with Crippen LogP contribution in [0.4, 0.5) is 14.9 Å². The van der Waals surface area contributed by atoms with Crippen LogP contribution >= 0.6 is 0 Å². The van der Waals surface area contributed by atoms with Gasteiger partial charge < -0.3 is 33.9 Å². The first kappa shape index (κ1) is 26.9. The molecule has 10 nitrogen and oxygen atoms in total. The molecular weight excluding hydrogens is 515 g/mol. The molecule has 6 heterocycles. The van der Waals surface area contributed by atoms with Gasteiger partial charge in [0.15, 0.2) is 6.10 Å². The first-order valence-corrected chi connectivity index (χ1v) is 14.1. The minimum atomic E-state index is -0.830. The van der Waals surface area contributed by atoms with Gasteiger partial charge in [-0.15, -0.1) is 0 Å². The van der Waals surface area contributed by atoms with Crippen molar-refractivity contribution in [3.63, 3.8) is 0 Å². The molecule has 214 valence electrons. The van der Waals surface area contributed by atoms with Crippen molar-refractivity contribution in [2.45, 2.75) is 37.6 Å². The summed E-state index contributed by atoms with van der Waals surface area (Å²) in [7, 11) is 1.75. The minimum Gasteiger partial charge on any atom is -0.441 e. The third-order valence-corrected chi connectivity index (χ3v) is 8.39. The Morgan fingerprint density at radius 1 is 1.15 bits per heavy atom. The molecule has 11 heteroatoms. The van der Waals surface area contributed by atoms with Gasteiger partial charge in [0.2, 0.25) is 0 Å².